The third kappa shape index (κ3) is 24.5. The molecule has 4 aliphatic rings. The summed E-state index contributed by atoms with van der Waals surface area (Å²) < 4.78 is 89.7. The molecule has 8 rings (SSSR count). The molecule has 75 heavy (non-hydrogen) atoms. The molecule has 0 amide bonds. The van der Waals surface area contributed by atoms with Crippen LogP contribution in [0.1, 0.15) is 73.2 Å². The summed E-state index contributed by atoms with van der Waals surface area (Å²) >= 11 is 13.8. The number of hydrogen-bond acceptors (Lipinski definition) is 15. The van der Waals surface area contributed by atoms with Gasteiger partial charge in [-0.05, 0) is 123 Å². The zero-order valence-electron chi connectivity index (χ0n) is 42.3. The second-order valence-electron chi connectivity index (χ2n) is 17.4. The van der Waals surface area contributed by atoms with Gasteiger partial charge in [-0.3, -0.25) is 9.08 Å². The number of rotatable bonds is 11. The SMILES string of the molecule is CB(O)N1CCN([C@@H](C)c2ccc(S(=O)(=O)c3ccc4c(c3)COC4)cc2)[C@@H](C)C1.CB(O)N1CCN[C@@H](C)C1.C[C@@H](OS(C)(=O)=O)c1ccc(S(=O)(=O)c2ccc3c(c2)COC3)cc1.I.II.II.I[I-]I.S.S. The molecule has 0 spiro atoms. The van der Waals surface area contributed by atoms with Crippen LogP contribution in [0.3, 0.4) is 0 Å². The molecule has 0 bridgehead atoms. The summed E-state index contributed by atoms with van der Waals surface area (Å²) in [6, 6.07) is 24.5. The molecule has 0 unspecified atom stereocenters. The molecule has 4 heterocycles. The Labute approximate surface area is 555 Å². The van der Waals surface area contributed by atoms with E-state index in [2.05, 4.69) is 152 Å². The van der Waals surface area contributed by atoms with Gasteiger partial charge >= 0.3 is 64.6 Å². The summed E-state index contributed by atoms with van der Waals surface area (Å²) in [6.07, 6.45) is 0.281. The maximum atomic E-state index is 13.1. The second kappa shape index (κ2) is 38.9. The third-order valence-electron chi connectivity index (χ3n) is 12.3. The number of benzene rings is 4. The Kier molecular flexibility index (Phi) is 40.5. The first kappa shape index (κ1) is 78.0. The topological polar surface area (TPSA) is 192 Å². The standard InChI is InChI=1S/C22H29BN2O4S.C17H18O6S2.C6H15BN2O.I3.2I2.HI.2H2S/c1-16-13-24(23(3)26)10-11-25(16)17(2)18-4-7-21(8-5-18)30(27,28)22-9-6-19-14-29-15-20(19)12-22;1-12(23-24(2,18)19)13-3-6-16(7-4-13)25(20,21)17-8-5-14-10-22-11-15(14)9-17;1-6-5-9(7(2)10)4-3-8-6;1-3-2;2*1-2;;;/h4-9,12,16-17,26H,10-11,13-15H2,1-3H3;3-9,12H,10-11H2,1-2H3;6,8,10H,3-5H2,1-2H3;;;;1H;2*1H2/q;;;-1;;;;;/t16-,17-;12-;6-;;;;;;/m010....../s1. The summed E-state index contributed by atoms with van der Waals surface area (Å²) in [4.78, 5) is 7.53. The van der Waals surface area contributed by atoms with Gasteiger partial charge in [0.2, 0.25) is 19.7 Å². The van der Waals surface area contributed by atoms with Gasteiger partial charge in [-0.2, -0.15) is 35.4 Å². The Morgan fingerprint density at radius 3 is 1.40 bits per heavy atom. The third-order valence-corrected chi connectivity index (χ3v) is 16.5. The fourth-order valence-electron chi connectivity index (χ4n) is 8.47. The first-order valence-corrected chi connectivity index (χ1v) is 52.4. The Balaban J connectivity index is 0.00000110. The minimum absolute atomic E-state index is 0. The van der Waals surface area contributed by atoms with Crippen LogP contribution in [0.25, 0.3) is 0 Å². The molecule has 4 aromatic rings. The summed E-state index contributed by atoms with van der Waals surface area (Å²) in [5.74, 6) is 0. The first-order chi connectivity index (χ1) is 34.0. The van der Waals surface area contributed by atoms with Crippen LogP contribution < -0.4 is 18.6 Å². The fourth-order valence-corrected chi connectivity index (χ4v) is 11.7. The molecule has 0 aliphatic carbocycles. The molecule has 15 nitrogen and oxygen atoms in total. The minimum atomic E-state index is -3.65. The van der Waals surface area contributed by atoms with Crippen molar-refractivity contribution in [3.63, 3.8) is 0 Å². The number of nitrogens with one attached hydrogen (secondary N) is 1. The van der Waals surface area contributed by atoms with Gasteiger partial charge in [0, 0.05) is 132 Å². The van der Waals surface area contributed by atoms with Crippen LogP contribution in [-0.4, -0.2) is 122 Å². The van der Waals surface area contributed by atoms with E-state index in [1.807, 2.05) is 25.0 Å². The zero-order valence-corrected chi connectivity index (χ0v) is 64.2. The molecule has 0 aromatic heterocycles. The number of sulfone groups is 2. The molecular weight excluding hydrogens is 1970 g/mol. The van der Waals surface area contributed by atoms with Gasteiger partial charge in [-0.25, -0.2) is 16.8 Å². The maximum Gasteiger partial charge on any atom is -0.197 e. The van der Waals surface area contributed by atoms with Crippen LogP contribution in [0.5, 0.6) is 0 Å². The van der Waals surface area contributed by atoms with Gasteiger partial charge in [0.1, 0.15) is 0 Å². The van der Waals surface area contributed by atoms with Gasteiger partial charge in [-0.15, -0.1) is 24.0 Å². The molecule has 4 atom stereocenters. The van der Waals surface area contributed by atoms with E-state index in [-0.39, 0.29) is 73.9 Å². The van der Waals surface area contributed by atoms with E-state index in [0.717, 1.165) is 73.3 Å². The van der Waals surface area contributed by atoms with Crippen molar-refractivity contribution in [2.24, 2.45) is 0 Å². The molecule has 426 valence electrons. The molecule has 2 saturated heterocycles. The molecule has 0 radical (unpaired) electrons. The van der Waals surface area contributed by atoms with E-state index >= 15 is 0 Å². The molecule has 2 fully saturated rings. The Morgan fingerprint density at radius 1 is 0.640 bits per heavy atom. The average molecular weight is 2040 g/mol. The molecule has 30 heteroatoms. The number of nitrogens with zero attached hydrogens (tertiary/aromatic N) is 3. The Morgan fingerprint density at radius 2 is 1.03 bits per heavy atom. The van der Waals surface area contributed by atoms with Crippen molar-refractivity contribution in [1.82, 2.24) is 19.8 Å². The molecule has 4 aromatic carbocycles. The first-order valence-electron chi connectivity index (χ1n) is 22.5. The minimum Gasteiger partial charge on any atom is -0.197 e. The predicted octanol–water partition coefficient (Wildman–Crippen LogP) is 7.87. The summed E-state index contributed by atoms with van der Waals surface area (Å²) in [7, 11) is -11.5. The van der Waals surface area contributed by atoms with Crippen molar-refractivity contribution in [1.29, 1.82) is 0 Å². The van der Waals surface area contributed by atoms with Gasteiger partial charge < -0.3 is 34.5 Å². The van der Waals surface area contributed by atoms with Crippen molar-refractivity contribution in [3.8, 4) is 0 Å². The van der Waals surface area contributed by atoms with E-state index in [1.165, 1.54) is 12.1 Å². The van der Waals surface area contributed by atoms with Crippen molar-refractivity contribution in [2.75, 3.05) is 45.5 Å². The molecule has 4 aliphatic heterocycles. The van der Waals surface area contributed by atoms with E-state index in [0.29, 0.717) is 67.1 Å². The van der Waals surface area contributed by atoms with Crippen LogP contribution in [0.4, 0.5) is 0 Å². The van der Waals surface area contributed by atoms with Crippen molar-refractivity contribution >= 4 is 207 Å². The second-order valence-corrected chi connectivity index (χ2v) is 39.1. The van der Waals surface area contributed by atoms with Crippen molar-refractivity contribution in [2.45, 2.75) is 112 Å². The van der Waals surface area contributed by atoms with Crippen LogP contribution in [0.15, 0.2) is 105 Å². The number of ether oxygens (including phenoxy) is 2. The maximum absolute atomic E-state index is 13.1. The van der Waals surface area contributed by atoms with Gasteiger partial charge in [0.25, 0.3) is 10.1 Å². The van der Waals surface area contributed by atoms with Crippen LogP contribution in [0.2, 0.25) is 13.6 Å². The van der Waals surface area contributed by atoms with Gasteiger partial charge in [0.15, 0.2) is 0 Å². The van der Waals surface area contributed by atoms with E-state index < -0.39 is 42.9 Å². The normalized spacial score (nSPS) is 18.1. The fraction of sp³-hybridized carbons (Fsp3) is 0.467. The van der Waals surface area contributed by atoms with Gasteiger partial charge in [-0.1, -0.05) is 36.4 Å². The smallest absolute Gasteiger partial charge is 0.197 e. The summed E-state index contributed by atoms with van der Waals surface area (Å²) in [5, 5.41) is 22.3. The van der Waals surface area contributed by atoms with Crippen LogP contribution in [0, 0.1) is 0 Å². The average Bonchev–Trinajstić information content (AvgIpc) is 4.05. The van der Waals surface area contributed by atoms with Crippen LogP contribution >= 0.6 is 163 Å². The number of fused-ring (bicyclic) bond motifs is 2. The summed E-state index contributed by atoms with van der Waals surface area (Å²) in [6.45, 7) is 19.0. The molecule has 3 N–H and O–H groups in total. The van der Waals surface area contributed by atoms with Crippen LogP contribution in [-0.2, 0) is 69.9 Å². The quantitative estimate of drug-likeness (QED) is 0.0746. The van der Waals surface area contributed by atoms with Crippen molar-refractivity contribution < 1.29 is 62.2 Å². The largest absolute Gasteiger partial charge is 0.197 e. The number of piperazine rings is 2. The Hall–Kier alpha value is 3.04. The van der Waals surface area contributed by atoms with E-state index in [1.54, 1.807) is 68.3 Å². The molecule has 0 saturated carbocycles. The number of halogens is 8. The predicted molar refractivity (Wildman–Crippen MR) is 371 cm³/mol. The monoisotopic (exact) mass is 2040 g/mol. The zero-order chi connectivity index (χ0) is 54.0. The van der Waals surface area contributed by atoms with Crippen molar-refractivity contribution in [3.05, 3.63) is 118 Å². The number of hydrogen-bond donors (Lipinski definition) is 3. The van der Waals surface area contributed by atoms with E-state index in [4.69, 9.17) is 13.7 Å². The van der Waals surface area contributed by atoms with E-state index in [9.17, 15) is 35.3 Å². The van der Waals surface area contributed by atoms with Gasteiger partial charge in [0.05, 0.1) is 58.4 Å². The summed E-state index contributed by atoms with van der Waals surface area (Å²) in [5.41, 5.74) is 5.56. The Bertz CT molecular complexity index is 2650. The molecular formula is C45H67B2I8N4O11S5-.